The molecule has 1 amide bonds. The van der Waals surface area contributed by atoms with Crippen LogP contribution in [0.1, 0.15) is 20.9 Å². The van der Waals surface area contributed by atoms with Gasteiger partial charge in [0.1, 0.15) is 10.8 Å². The highest BCUT2D eigenvalue weighted by Crippen LogP contribution is 2.19. The first-order chi connectivity index (χ1) is 10.7. The average molecular weight is 313 g/mol. The first-order valence-electron chi connectivity index (χ1n) is 6.64. The van der Waals surface area contributed by atoms with Crippen LogP contribution in [-0.4, -0.2) is 16.1 Å². The van der Waals surface area contributed by atoms with Gasteiger partial charge < -0.3 is 0 Å². The number of aromatic nitrogens is 2. The van der Waals surface area contributed by atoms with Crippen molar-refractivity contribution in [3.63, 3.8) is 0 Å². The number of benzene rings is 2. The summed E-state index contributed by atoms with van der Waals surface area (Å²) in [7, 11) is 0. The molecule has 1 N–H and O–H groups in total. The number of amides is 1. The van der Waals surface area contributed by atoms with Crippen molar-refractivity contribution in [1.82, 2.24) is 10.2 Å². The molecule has 2 aromatic carbocycles. The van der Waals surface area contributed by atoms with Gasteiger partial charge in [0.15, 0.2) is 0 Å². The van der Waals surface area contributed by atoms with Gasteiger partial charge in [-0.2, -0.15) is 0 Å². The maximum absolute atomic E-state index is 12.9. The van der Waals surface area contributed by atoms with E-state index in [-0.39, 0.29) is 11.7 Å². The van der Waals surface area contributed by atoms with Crippen LogP contribution >= 0.6 is 11.3 Å². The van der Waals surface area contributed by atoms with Gasteiger partial charge >= 0.3 is 0 Å². The molecule has 0 radical (unpaired) electrons. The summed E-state index contributed by atoms with van der Waals surface area (Å²) < 4.78 is 12.9. The molecule has 0 atom stereocenters. The Labute approximate surface area is 130 Å². The molecule has 0 saturated carbocycles. The zero-order chi connectivity index (χ0) is 15.4. The molecule has 6 heteroatoms. The van der Waals surface area contributed by atoms with Crippen LogP contribution in [0.4, 0.5) is 9.52 Å². The third-order valence-electron chi connectivity index (χ3n) is 2.99. The number of anilines is 1. The minimum Gasteiger partial charge on any atom is -0.296 e. The number of carbonyl (C=O) groups excluding carboxylic acids is 1. The highest BCUT2D eigenvalue weighted by molar-refractivity contribution is 7.15. The fourth-order valence-corrected chi connectivity index (χ4v) is 2.68. The van der Waals surface area contributed by atoms with Gasteiger partial charge in [0.25, 0.3) is 5.91 Å². The summed E-state index contributed by atoms with van der Waals surface area (Å²) in [6.07, 6.45) is 0.555. The van der Waals surface area contributed by atoms with Crippen LogP contribution in [0.25, 0.3) is 0 Å². The highest BCUT2D eigenvalue weighted by Gasteiger charge is 2.10. The van der Waals surface area contributed by atoms with Gasteiger partial charge in [-0.25, -0.2) is 4.39 Å². The predicted molar refractivity (Wildman–Crippen MR) is 83.5 cm³/mol. The van der Waals surface area contributed by atoms with Crippen LogP contribution < -0.4 is 5.32 Å². The summed E-state index contributed by atoms with van der Waals surface area (Å²) in [6.45, 7) is 0. The van der Waals surface area contributed by atoms with Crippen LogP contribution in [0.5, 0.6) is 0 Å². The molecular weight excluding hydrogens is 301 g/mol. The van der Waals surface area contributed by atoms with E-state index >= 15 is 0 Å². The van der Waals surface area contributed by atoms with Crippen LogP contribution in [0, 0.1) is 5.82 Å². The Morgan fingerprint density at radius 3 is 2.50 bits per heavy atom. The van der Waals surface area contributed by atoms with E-state index in [0.717, 1.165) is 10.6 Å². The van der Waals surface area contributed by atoms with Crippen molar-refractivity contribution in [2.75, 3.05) is 5.32 Å². The lowest BCUT2D eigenvalue weighted by molar-refractivity contribution is 0.102. The first-order valence-corrected chi connectivity index (χ1v) is 7.45. The second-order valence-corrected chi connectivity index (χ2v) is 5.69. The minimum absolute atomic E-state index is 0.218. The lowest BCUT2D eigenvalue weighted by Crippen LogP contribution is -2.11. The van der Waals surface area contributed by atoms with E-state index in [9.17, 15) is 9.18 Å². The normalized spacial score (nSPS) is 10.4. The molecular formula is C16H12FN3OS. The highest BCUT2D eigenvalue weighted by atomic mass is 32.1. The zero-order valence-corrected chi connectivity index (χ0v) is 12.3. The third-order valence-corrected chi connectivity index (χ3v) is 3.83. The standard InChI is InChI=1S/C16H12FN3OS/c17-13-8-6-11(7-9-13)10-14-19-20-16(22-14)18-15(21)12-4-2-1-3-5-12/h1-9H,10H2,(H,18,20,21). The second-order valence-electron chi connectivity index (χ2n) is 4.62. The maximum Gasteiger partial charge on any atom is 0.257 e. The van der Waals surface area contributed by atoms with Gasteiger partial charge in [0.05, 0.1) is 0 Å². The number of rotatable bonds is 4. The maximum atomic E-state index is 12.9. The summed E-state index contributed by atoms with van der Waals surface area (Å²) in [5.41, 5.74) is 1.51. The van der Waals surface area contributed by atoms with Gasteiger partial charge in [0.2, 0.25) is 5.13 Å². The van der Waals surface area contributed by atoms with E-state index in [0.29, 0.717) is 17.1 Å². The predicted octanol–water partition coefficient (Wildman–Crippen LogP) is 3.52. The summed E-state index contributed by atoms with van der Waals surface area (Å²) in [5.74, 6) is -0.484. The Morgan fingerprint density at radius 2 is 1.77 bits per heavy atom. The van der Waals surface area contributed by atoms with E-state index in [2.05, 4.69) is 15.5 Å². The molecule has 0 saturated heterocycles. The quantitative estimate of drug-likeness (QED) is 0.802. The second kappa shape index (κ2) is 6.44. The van der Waals surface area contributed by atoms with E-state index in [1.165, 1.54) is 23.5 Å². The monoisotopic (exact) mass is 313 g/mol. The van der Waals surface area contributed by atoms with Crippen LogP contribution in [0.2, 0.25) is 0 Å². The largest absolute Gasteiger partial charge is 0.296 e. The van der Waals surface area contributed by atoms with Crippen molar-refractivity contribution >= 4 is 22.4 Å². The molecule has 0 unspecified atom stereocenters. The smallest absolute Gasteiger partial charge is 0.257 e. The number of hydrogen-bond donors (Lipinski definition) is 1. The molecule has 4 nitrogen and oxygen atoms in total. The van der Waals surface area contributed by atoms with Gasteiger partial charge in [-0.3, -0.25) is 10.1 Å². The van der Waals surface area contributed by atoms with Crippen molar-refractivity contribution in [2.45, 2.75) is 6.42 Å². The number of nitrogens with one attached hydrogen (secondary N) is 1. The lowest BCUT2D eigenvalue weighted by Gasteiger charge is -1.99. The Hall–Kier alpha value is -2.60. The van der Waals surface area contributed by atoms with E-state index < -0.39 is 0 Å². The zero-order valence-electron chi connectivity index (χ0n) is 11.5. The SMILES string of the molecule is O=C(Nc1nnc(Cc2ccc(F)cc2)s1)c1ccccc1. The Morgan fingerprint density at radius 1 is 1.05 bits per heavy atom. The Balaban J connectivity index is 1.66. The topological polar surface area (TPSA) is 54.9 Å². The van der Waals surface area contributed by atoms with Crippen LogP contribution in [-0.2, 0) is 6.42 Å². The van der Waals surface area contributed by atoms with E-state index in [1.807, 2.05) is 6.07 Å². The summed E-state index contributed by atoms with van der Waals surface area (Å²) in [4.78, 5) is 12.0. The van der Waals surface area contributed by atoms with Crippen LogP contribution in [0.3, 0.4) is 0 Å². The molecule has 3 rings (SSSR count). The van der Waals surface area contributed by atoms with Gasteiger partial charge in [-0.05, 0) is 29.8 Å². The fourth-order valence-electron chi connectivity index (χ4n) is 1.91. The number of carbonyl (C=O) groups is 1. The number of nitrogens with zero attached hydrogens (tertiary/aromatic N) is 2. The van der Waals surface area contributed by atoms with E-state index in [4.69, 9.17) is 0 Å². The van der Waals surface area contributed by atoms with Crippen molar-refractivity contribution in [2.24, 2.45) is 0 Å². The molecule has 1 aromatic heterocycles. The molecule has 0 spiro atoms. The molecule has 110 valence electrons. The summed E-state index contributed by atoms with van der Waals surface area (Å²) >= 11 is 1.31. The average Bonchev–Trinajstić information content (AvgIpc) is 2.97. The lowest BCUT2D eigenvalue weighted by atomic mass is 10.2. The molecule has 0 aliphatic heterocycles. The number of halogens is 1. The minimum atomic E-state index is -0.267. The van der Waals surface area contributed by atoms with Crippen molar-refractivity contribution in [1.29, 1.82) is 0 Å². The molecule has 0 bridgehead atoms. The molecule has 0 aliphatic rings. The number of hydrogen-bond acceptors (Lipinski definition) is 4. The van der Waals surface area contributed by atoms with Crippen molar-refractivity contribution < 1.29 is 9.18 Å². The summed E-state index contributed by atoms with van der Waals surface area (Å²) in [5, 5.41) is 11.9. The summed E-state index contributed by atoms with van der Waals surface area (Å²) in [6, 6.07) is 15.2. The molecule has 3 aromatic rings. The van der Waals surface area contributed by atoms with Crippen LogP contribution in [0.15, 0.2) is 54.6 Å². The third kappa shape index (κ3) is 3.53. The molecule has 1 heterocycles. The van der Waals surface area contributed by atoms with Crippen molar-refractivity contribution in [3.8, 4) is 0 Å². The van der Waals surface area contributed by atoms with Gasteiger partial charge in [-0.15, -0.1) is 10.2 Å². The molecule has 0 aliphatic carbocycles. The fraction of sp³-hybridized carbons (Fsp3) is 0.0625. The van der Waals surface area contributed by atoms with Gasteiger partial charge in [-0.1, -0.05) is 41.7 Å². The van der Waals surface area contributed by atoms with Crippen molar-refractivity contribution in [3.05, 3.63) is 76.5 Å². The first kappa shape index (κ1) is 14.3. The van der Waals surface area contributed by atoms with E-state index in [1.54, 1.807) is 36.4 Å². The molecule has 0 fully saturated rings. The Kier molecular flexibility index (Phi) is 4.20. The Bertz CT molecular complexity index is 772. The van der Waals surface area contributed by atoms with Gasteiger partial charge in [0, 0.05) is 12.0 Å². The molecule has 22 heavy (non-hydrogen) atoms.